The molecule has 0 saturated carbocycles. The minimum Gasteiger partial charge on any atom is -0.370 e. The zero-order chi connectivity index (χ0) is 17.6. The molecule has 5 nitrogen and oxygen atoms in total. The molecule has 1 aromatic carbocycles. The van der Waals surface area contributed by atoms with Crippen molar-refractivity contribution < 1.29 is 13.9 Å². The van der Waals surface area contributed by atoms with Gasteiger partial charge >= 0.3 is 6.03 Å². The largest absolute Gasteiger partial charge is 0.370 e. The van der Waals surface area contributed by atoms with E-state index in [2.05, 4.69) is 17.1 Å². The normalized spacial score (nSPS) is 21.8. The first-order valence-corrected chi connectivity index (χ1v) is 9.26. The number of nitrogens with zero attached hydrogens (tertiary/aromatic N) is 2. The van der Waals surface area contributed by atoms with E-state index in [1.807, 2.05) is 0 Å². The molecule has 6 heteroatoms. The first-order valence-electron chi connectivity index (χ1n) is 9.26. The number of piperidine rings is 1. The maximum absolute atomic E-state index is 13.5. The minimum atomic E-state index is -0.245. The summed E-state index contributed by atoms with van der Waals surface area (Å²) in [6, 6.07) is 6.61. The summed E-state index contributed by atoms with van der Waals surface area (Å²) in [5.74, 6) is 0.303. The molecule has 0 bridgehead atoms. The highest BCUT2D eigenvalue weighted by Gasteiger charge is 2.31. The molecule has 2 aliphatic rings. The van der Waals surface area contributed by atoms with Crippen molar-refractivity contribution in [3.8, 4) is 0 Å². The van der Waals surface area contributed by atoms with Crippen LogP contribution in [0.3, 0.4) is 0 Å². The Kier molecular flexibility index (Phi) is 6.26. The Morgan fingerprint density at radius 3 is 2.88 bits per heavy atom. The highest BCUT2D eigenvalue weighted by Crippen LogP contribution is 2.17. The van der Waals surface area contributed by atoms with Crippen LogP contribution in [0.25, 0.3) is 0 Å². The van der Waals surface area contributed by atoms with Gasteiger partial charge in [-0.3, -0.25) is 0 Å². The van der Waals surface area contributed by atoms with Gasteiger partial charge in [0.2, 0.25) is 0 Å². The maximum Gasteiger partial charge on any atom is 0.317 e. The molecule has 2 heterocycles. The van der Waals surface area contributed by atoms with Crippen LogP contribution in [-0.4, -0.2) is 61.2 Å². The molecule has 1 aromatic rings. The van der Waals surface area contributed by atoms with Crippen LogP contribution < -0.4 is 5.32 Å². The molecule has 138 valence electrons. The smallest absolute Gasteiger partial charge is 0.317 e. The second kappa shape index (κ2) is 8.63. The van der Waals surface area contributed by atoms with Gasteiger partial charge < -0.3 is 19.9 Å². The Morgan fingerprint density at radius 1 is 1.32 bits per heavy atom. The Hall–Kier alpha value is -1.66. The number of urea groups is 1. The molecule has 3 rings (SSSR count). The quantitative estimate of drug-likeness (QED) is 0.858. The summed E-state index contributed by atoms with van der Waals surface area (Å²) in [6.07, 6.45) is 2.39. The van der Waals surface area contributed by atoms with Gasteiger partial charge in [0.1, 0.15) is 5.82 Å². The highest BCUT2D eigenvalue weighted by atomic mass is 19.1. The summed E-state index contributed by atoms with van der Waals surface area (Å²) in [5, 5.41) is 3.05. The summed E-state index contributed by atoms with van der Waals surface area (Å²) in [5.41, 5.74) is 0.558. The number of benzene rings is 1. The van der Waals surface area contributed by atoms with Crippen LogP contribution in [0.4, 0.5) is 9.18 Å². The number of carbonyl (C=O) groups is 1. The zero-order valence-corrected chi connectivity index (χ0v) is 14.9. The number of hydrogen-bond donors (Lipinski definition) is 1. The standard InChI is InChI=1S/C19H28FN3O2/c1-2-22-9-5-6-15(11-22)10-21-19(24)23-12-17(13-23)25-14-16-7-3-4-8-18(16)20/h3-4,7-8,15,17H,2,5-6,9-14H2,1H3,(H,21,24). The Bertz CT molecular complexity index is 578. The lowest BCUT2D eigenvalue weighted by Crippen LogP contribution is -2.58. The van der Waals surface area contributed by atoms with Crippen LogP contribution >= 0.6 is 0 Å². The number of hydrogen-bond acceptors (Lipinski definition) is 3. The number of halogens is 1. The fourth-order valence-corrected chi connectivity index (χ4v) is 3.48. The SMILES string of the molecule is CCN1CCCC(CNC(=O)N2CC(OCc3ccccc3F)C2)C1. The topological polar surface area (TPSA) is 44.8 Å². The van der Waals surface area contributed by atoms with E-state index in [9.17, 15) is 9.18 Å². The van der Waals surface area contributed by atoms with Crippen LogP contribution in [0, 0.1) is 11.7 Å². The van der Waals surface area contributed by atoms with Gasteiger partial charge in [-0.2, -0.15) is 0 Å². The van der Waals surface area contributed by atoms with Crippen molar-refractivity contribution >= 4 is 6.03 Å². The number of ether oxygens (including phenoxy) is 1. The van der Waals surface area contributed by atoms with Crippen LogP contribution in [0.2, 0.25) is 0 Å². The van der Waals surface area contributed by atoms with Crippen LogP contribution in [0.1, 0.15) is 25.3 Å². The molecule has 1 unspecified atom stereocenters. The summed E-state index contributed by atoms with van der Waals surface area (Å²) in [6.45, 7) is 7.66. The van der Waals surface area contributed by atoms with E-state index < -0.39 is 0 Å². The van der Waals surface area contributed by atoms with Gasteiger partial charge in [-0.1, -0.05) is 25.1 Å². The van der Waals surface area contributed by atoms with E-state index in [-0.39, 0.29) is 24.6 Å². The molecule has 0 aliphatic carbocycles. The van der Waals surface area contributed by atoms with Crippen molar-refractivity contribution in [3.05, 3.63) is 35.6 Å². The molecule has 0 spiro atoms. The Balaban J connectivity index is 1.32. The van der Waals surface area contributed by atoms with Gasteiger partial charge in [0.05, 0.1) is 25.8 Å². The predicted octanol–water partition coefficient (Wildman–Crippen LogP) is 2.47. The lowest BCUT2D eigenvalue weighted by Gasteiger charge is -2.39. The highest BCUT2D eigenvalue weighted by molar-refractivity contribution is 5.75. The fourth-order valence-electron chi connectivity index (χ4n) is 3.48. The minimum absolute atomic E-state index is 0.00406. The number of carbonyl (C=O) groups excluding carboxylic acids is 1. The monoisotopic (exact) mass is 349 g/mol. The molecule has 1 atom stereocenters. The third kappa shape index (κ3) is 4.92. The van der Waals surface area contributed by atoms with Crippen molar-refractivity contribution in [1.82, 2.24) is 15.1 Å². The first kappa shape index (κ1) is 18.1. The summed E-state index contributed by atoms with van der Waals surface area (Å²) in [7, 11) is 0. The van der Waals surface area contributed by atoms with Crippen molar-refractivity contribution in [2.75, 3.05) is 39.3 Å². The van der Waals surface area contributed by atoms with Gasteiger partial charge in [-0.15, -0.1) is 0 Å². The second-order valence-corrected chi connectivity index (χ2v) is 7.02. The average molecular weight is 349 g/mol. The Labute approximate surface area is 149 Å². The van der Waals surface area contributed by atoms with E-state index >= 15 is 0 Å². The zero-order valence-electron chi connectivity index (χ0n) is 14.9. The van der Waals surface area contributed by atoms with E-state index in [1.54, 1.807) is 23.1 Å². The molecule has 1 N–H and O–H groups in total. The maximum atomic E-state index is 13.5. The van der Waals surface area contributed by atoms with E-state index in [1.165, 1.54) is 25.5 Å². The number of nitrogens with one attached hydrogen (secondary N) is 1. The molecule has 0 radical (unpaired) electrons. The summed E-state index contributed by atoms with van der Waals surface area (Å²) < 4.78 is 19.2. The Morgan fingerprint density at radius 2 is 2.12 bits per heavy atom. The molecule has 2 aliphatic heterocycles. The third-order valence-electron chi connectivity index (χ3n) is 5.16. The molecule has 2 saturated heterocycles. The van der Waals surface area contributed by atoms with E-state index in [4.69, 9.17) is 4.74 Å². The lowest BCUT2D eigenvalue weighted by molar-refractivity contribution is -0.0451. The fraction of sp³-hybridized carbons (Fsp3) is 0.632. The van der Waals surface area contributed by atoms with E-state index in [0.717, 1.165) is 19.6 Å². The van der Waals surface area contributed by atoms with Gasteiger partial charge in [0, 0.05) is 18.7 Å². The van der Waals surface area contributed by atoms with Crippen LogP contribution in [0.15, 0.2) is 24.3 Å². The summed E-state index contributed by atoms with van der Waals surface area (Å²) >= 11 is 0. The third-order valence-corrected chi connectivity index (χ3v) is 5.16. The van der Waals surface area contributed by atoms with Crippen molar-refractivity contribution in [3.63, 3.8) is 0 Å². The van der Waals surface area contributed by atoms with Gasteiger partial charge in [0.25, 0.3) is 0 Å². The molecule has 0 aromatic heterocycles. The van der Waals surface area contributed by atoms with Gasteiger partial charge in [-0.25, -0.2) is 9.18 Å². The van der Waals surface area contributed by atoms with Crippen LogP contribution in [0.5, 0.6) is 0 Å². The van der Waals surface area contributed by atoms with Gasteiger partial charge in [0.15, 0.2) is 0 Å². The molecule has 2 fully saturated rings. The number of likely N-dealkylation sites (tertiary alicyclic amines) is 2. The van der Waals surface area contributed by atoms with Crippen molar-refractivity contribution in [2.45, 2.75) is 32.5 Å². The number of rotatable bonds is 6. The summed E-state index contributed by atoms with van der Waals surface area (Å²) in [4.78, 5) is 16.4. The lowest BCUT2D eigenvalue weighted by atomic mass is 9.98. The van der Waals surface area contributed by atoms with Crippen LogP contribution in [-0.2, 0) is 11.3 Å². The molecular weight excluding hydrogens is 321 g/mol. The molecule has 2 amide bonds. The molecular formula is C19H28FN3O2. The van der Waals surface area contributed by atoms with E-state index in [0.29, 0.717) is 24.6 Å². The second-order valence-electron chi connectivity index (χ2n) is 7.02. The predicted molar refractivity (Wildman–Crippen MR) is 94.8 cm³/mol. The number of amides is 2. The molecule has 25 heavy (non-hydrogen) atoms. The first-order chi connectivity index (χ1) is 12.2. The average Bonchev–Trinajstić information content (AvgIpc) is 2.60. The van der Waals surface area contributed by atoms with Crippen molar-refractivity contribution in [1.29, 1.82) is 0 Å². The van der Waals surface area contributed by atoms with Crippen molar-refractivity contribution in [2.24, 2.45) is 5.92 Å². The van der Waals surface area contributed by atoms with Gasteiger partial charge in [-0.05, 0) is 37.9 Å².